The highest BCUT2D eigenvalue weighted by Crippen LogP contribution is 2.33. The van der Waals surface area contributed by atoms with E-state index in [0.717, 1.165) is 29.3 Å². The molecule has 1 aliphatic rings. The van der Waals surface area contributed by atoms with Crippen LogP contribution in [0.25, 0.3) is 0 Å². The third-order valence-electron chi connectivity index (χ3n) is 3.06. The lowest BCUT2D eigenvalue weighted by Crippen LogP contribution is -2.11. The summed E-state index contributed by atoms with van der Waals surface area (Å²) >= 11 is 9.43. The Kier molecular flexibility index (Phi) is 3.68. The van der Waals surface area contributed by atoms with Crippen molar-refractivity contribution in [2.24, 2.45) is 5.92 Å². The highest BCUT2D eigenvalue weighted by molar-refractivity contribution is 9.10. The number of rotatable bonds is 2. The van der Waals surface area contributed by atoms with Crippen molar-refractivity contribution in [1.82, 2.24) is 0 Å². The molecule has 0 N–H and O–H groups in total. The van der Waals surface area contributed by atoms with E-state index in [4.69, 9.17) is 11.6 Å². The first-order chi connectivity index (χ1) is 7.16. The summed E-state index contributed by atoms with van der Waals surface area (Å²) in [5.74, 6) is 0.322. The van der Waals surface area contributed by atoms with Crippen LogP contribution in [-0.4, -0.2) is 5.38 Å². The van der Waals surface area contributed by atoms with Gasteiger partial charge < -0.3 is 0 Å². The second-order valence-electron chi connectivity index (χ2n) is 4.15. The molecule has 0 amide bonds. The molecule has 0 aromatic heterocycles. The lowest BCUT2D eigenvalue weighted by molar-refractivity contribution is 0.525. The average Bonchev–Trinajstić information content (AvgIpc) is 2.57. The fraction of sp³-hybridized carbons (Fsp3) is 0.500. The van der Waals surface area contributed by atoms with Gasteiger partial charge in [0.05, 0.1) is 0 Å². The van der Waals surface area contributed by atoms with Crippen LogP contribution in [0.2, 0.25) is 0 Å². The van der Waals surface area contributed by atoms with Crippen LogP contribution in [0.1, 0.15) is 24.8 Å². The van der Waals surface area contributed by atoms with E-state index in [1.54, 1.807) is 0 Å². The van der Waals surface area contributed by atoms with Crippen LogP contribution in [-0.2, 0) is 6.42 Å². The molecule has 2 unspecified atom stereocenters. The van der Waals surface area contributed by atoms with Crippen LogP contribution >= 0.6 is 27.5 Å². The Labute approximate surface area is 103 Å². The van der Waals surface area contributed by atoms with Gasteiger partial charge in [0.25, 0.3) is 0 Å². The predicted molar refractivity (Wildman–Crippen MR) is 64.8 cm³/mol. The summed E-state index contributed by atoms with van der Waals surface area (Å²) in [4.78, 5) is 0. The number of benzene rings is 1. The van der Waals surface area contributed by atoms with Gasteiger partial charge in [0.1, 0.15) is 5.82 Å². The van der Waals surface area contributed by atoms with Gasteiger partial charge in [-0.3, -0.25) is 0 Å². The van der Waals surface area contributed by atoms with Crippen LogP contribution in [0.5, 0.6) is 0 Å². The topological polar surface area (TPSA) is 0 Å². The van der Waals surface area contributed by atoms with Crippen LogP contribution in [0.15, 0.2) is 22.7 Å². The lowest BCUT2D eigenvalue weighted by Gasteiger charge is -2.14. The number of hydrogen-bond acceptors (Lipinski definition) is 0. The first-order valence-corrected chi connectivity index (χ1v) is 6.48. The van der Waals surface area contributed by atoms with Gasteiger partial charge in [-0.15, -0.1) is 11.6 Å². The van der Waals surface area contributed by atoms with Crippen LogP contribution < -0.4 is 0 Å². The molecule has 0 radical (unpaired) electrons. The molecule has 1 aliphatic carbocycles. The molecule has 3 heteroatoms. The van der Waals surface area contributed by atoms with E-state index in [1.807, 2.05) is 12.1 Å². The number of hydrogen-bond donors (Lipinski definition) is 0. The van der Waals surface area contributed by atoms with E-state index in [9.17, 15) is 4.39 Å². The molecule has 82 valence electrons. The smallest absolute Gasteiger partial charge is 0.127 e. The highest BCUT2D eigenvalue weighted by atomic mass is 79.9. The van der Waals surface area contributed by atoms with Gasteiger partial charge in [0.15, 0.2) is 0 Å². The van der Waals surface area contributed by atoms with Crippen LogP contribution in [0.3, 0.4) is 0 Å². The summed E-state index contributed by atoms with van der Waals surface area (Å²) in [5, 5.41) is 0.230. The average molecular weight is 292 g/mol. The van der Waals surface area contributed by atoms with Gasteiger partial charge in [0, 0.05) is 9.85 Å². The summed E-state index contributed by atoms with van der Waals surface area (Å²) in [5.41, 5.74) is 0.788. The Morgan fingerprint density at radius 1 is 1.40 bits per heavy atom. The zero-order chi connectivity index (χ0) is 10.8. The molecule has 0 aliphatic heterocycles. The van der Waals surface area contributed by atoms with Crippen LogP contribution in [0.4, 0.5) is 4.39 Å². The Morgan fingerprint density at radius 2 is 2.20 bits per heavy atom. The molecule has 0 saturated heterocycles. The second kappa shape index (κ2) is 4.84. The minimum Gasteiger partial charge on any atom is -0.207 e. The second-order valence-corrected chi connectivity index (χ2v) is 5.62. The van der Waals surface area contributed by atoms with E-state index in [0.29, 0.717) is 5.92 Å². The van der Waals surface area contributed by atoms with Gasteiger partial charge in [-0.25, -0.2) is 4.39 Å². The number of halogens is 3. The van der Waals surface area contributed by atoms with E-state index in [-0.39, 0.29) is 11.2 Å². The van der Waals surface area contributed by atoms with Gasteiger partial charge in [-0.2, -0.15) is 0 Å². The highest BCUT2D eigenvalue weighted by Gasteiger charge is 2.26. The molecule has 0 spiro atoms. The lowest BCUT2D eigenvalue weighted by atomic mass is 9.97. The maximum atomic E-state index is 13.6. The standard InChI is InChI=1S/C12H13BrClF/c13-10-5-4-9(12(15)7-10)6-8-2-1-3-11(8)14/h4-5,7-8,11H,1-3,6H2. The Balaban J connectivity index is 2.10. The molecule has 2 rings (SSSR count). The molecule has 2 atom stereocenters. The van der Waals surface area contributed by atoms with E-state index in [1.165, 1.54) is 12.5 Å². The summed E-state index contributed by atoms with van der Waals surface area (Å²) in [6.07, 6.45) is 4.15. The molecular weight excluding hydrogens is 278 g/mol. The van der Waals surface area contributed by atoms with Gasteiger partial charge in [0.2, 0.25) is 0 Å². The molecule has 15 heavy (non-hydrogen) atoms. The maximum absolute atomic E-state index is 13.6. The van der Waals surface area contributed by atoms with Crippen molar-refractivity contribution in [3.8, 4) is 0 Å². The number of alkyl halides is 1. The van der Waals surface area contributed by atoms with Crippen LogP contribution in [0, 0.1) is 11.7 Å². The zero-order valence-corrected chi connectivity index (χ0v) is 10.7. The molecule has 0 nitrogen and oxygen atoms in total. The molecule has 1 saturated carbocycles. The third kappa shape index (κ3) is 2.73. The first kappa shape index (κ1) is 11.4. The van der Waals surface area contributed by atoms with Crippen molar-refractivity contribution < 1.29 is 4.39 Å². The fourth-order valence-electron chi connectivity index (χ4n) is 2.19. The molecule has 1 aromatic rings. The molecule has 0 bridgehead atoms. The van der Waals surface area contributed by atoms with Gasteiger partial charge >= 0.3 is 0 Å². The Hall–Kier alpha value is -0.0800. The van der Waals surface area contributed by atoms with Crippen molar-refractivity contribution in [3.63, 3.8) is 0 Å². The summed E-state index contributed by atoms with van der Waals surface area (Å²) < 4.78 is 14.3. The molecule has 1 aromatic carbocycles. The summed E-state index contributed by atoms with van der Waals surface area (Å²) in [6, 6.07) is 5.26. The largest absolute Gasteiger partial charge is 0.207 e. The van der Waals surface area contributed by atoms with Crippen molar-refractivity contribution in [3.05, 3.63) is 34.1 Å². The first-order valence-electron chi connectivity index (χ1n) is 5.25. The monoisotopic (exact) mass is 290 g/mol. The quantitative estimate of drug-likeness (QED) is 0.702. The molecule has 0 heterocycles. The normalized spacial score (nSPS) is 25.8. The van der Waals surface area contributed by atoms with E-state index in [2.05, 4.69) is 15.9 Å². The molecule has 1 fully saturated rings. The van der Waals surface area contributed by atoms with Crippen molar-refractivity contribution in [2.75, 3.05) is 0 Å². The third-order valence-corrected chi connectivity index (χ3v) is 4.13. The summed E-state index contributed by atoms with van der Waals surface area (Å²) in [6.45, 7) is 0. The van der Waals surface area contributed by atoms with Gasteiger partial charge in [-0.05, 0) is 42.9 Å². The summed E-state index contributed by atoms with van der Waals surface area (Å²) in [7, 11) is 0. The Bertz CT molecular complexity index is 353. The predicted octanol–water partition coefficient (Wildman–Crippen LogP) is 4.54. The maximum Gasteiger partial charge on any atom is 0.127 e. The zero-order valence-electron chi connectivity index (χ0n) is 8.35. The minimum atomic E-state index is -0.125. The fourth-order valence-corrected chi connectivity index (χ4v) is 2.89. The van der Waals surface area contributed by atoms with Crippen molar-refractivity contribution in [2.45, 2.75) is 31.1 Å². The van der Waals surface area contributed by atoms with E-state index >= 15 is 0 Å². The van der Waals surface area contributed by atoms with Crippen molar-refractivity contribution >= 4 is 27.5 Å². The SMILES string of the molecule is Fc1cc(Br)ccc1CC1CCCC1Cl. The van der Waals surface area contributed by atoms with E-state index < -0.39 is 0 Å². The van der Waals surface area contributed by atoms with Crippen molar-refractivity contribution in [1.29, 1.82) is 0 Å². The van der Waals surface area contributed by atoms with Gasteiger partial charge in [-0.1, -0.05) is 28.4 Å². The molecular formula is C12H13BrClF. The minimum absolute atomic E-state index is 0.125. The Morgan fingerprint density at radius 3 is 2.80 bits per heavy atom.